The molecule has 0 spiro atoms. The Kier molecular flexibility index (Phi) is 4.96. The van der Waals surface area contributed by atoms with Crippen LogP contribution in [0.25, 0.3) is 0 Å². The Morgan fingerprint density at radius 3 is 2.67 bits per heavy atom. The Labute approximate surface area is 179 Å². The number of benzene rings is 2. The highest BCUT2D eigenvalue weighted by Crippen LogP contribution is 2.39. The minimum absolute atomic E-state index is 0.0878. The van der Waals surface area contributed by atoms with Gasteiger partial charge >= 0.3 is 0 Å². The van der Waals surface area contributed by atoms with E-state index >= 15 is 0 Å². The van der Waals surface area contributed by atoms with Crippen molar-refractivity contribution in [3.05, 3.63) is 65.0 Å². The minimum atomic E-state index is -0.150. The van der Waals surface area contributed by atoms with Crippen LogP contribution in [0.2, 0.25) is 0 Å². The lowest BCUT2D eigenvalue weighted by Gasteiger charge is -2.29. The van der Waals surface area contributed by atoms with E-state index in [-0.39, 0.29) is 11.9 Å². The number of thiophene rings is 1. The largest absolute Gasteiger partial charge is 0.490 e. The van der Waals surface area contributed by atoms with Crippen LogP contribution in [0.5, 0.6) is 17.2 Å². The summed E-state index contributed by atoms with van der Waals surface area (Å²) in [5.74, 6) is 2.26. The third kappa shape index (κ3) is 3.57. The molecule has 0 bridgehead atoms. The van der Waals surface area contributed by atoms with Gasteiger partial charge in [-0.25, -0.2) is 0 Å². The van der Waals surface area contributed by atoms with E-state index in [1.807, 2.05) is 61.5 Å². The Hall–Kier alpha value is -3.19. The quantitative estimate of drug-likeness (QED) is 0.669. The molecule has 2 aliphatic heterocycles. The van der Waals surface area contributed by atoms with Crippen LogP contribution in [0, 0.1) is 0 Å². The zero-order valence-corrected chi connectivity index (χ0v) is 17.4. The third-order valence-corrected chi connectivity index (χ3v) is 6.33. The Bertz CT molecular complexity index is 1080. The predicted octanol–water partition coefficient (Wildman–Crippen LogP) is 4.54. The summed E-state index contributed by atoms with van der Waals surface area (Å²) in [6, 6.07) is 17.5. The minimum Gasteiger partial charge on any atom is -0.490 e. The van der Waals surface area contributed by atoms with Crippen LogP contribution >= 0.6 is 11.3 Å². The van der Waals surface area contributed by atoms with Crippen molar-refractivity contribution in [3.63, 3.8) is 0 Å². The van der Waals surface area contributed by atoms with Crippen molar-refractivity contribution in [2.24, 2.45) is 0 Å². The van der Waals surface area contributed by atoms with Crippen LogP contribution in [0.3, 0.4) is 0 Å². The molecule has 0 radical (unpaired) electrons. The molecule has 0 saturated carbocycles. The number of rotatable bonds is 4. The summed E-state index contributed by atoms with van der Waals surface area (Å²) in [5.41, 5.74) is 2.01. The molecule has 2 aliphatic rings. The van der Waals surface area contributed by atoms with Crippen molar-refractivity contribution in [3.8, 4) is 17.2 Å². The van der Waals surface area contributed by atoms with Crippen LogP contribution in [-0.2, 0) is 0 Å². The number of anilines is 2. The van der Waals surface area contributed by atoms with Crippen molar-refractivity contribution in [1.82, 2.24) is 5.32 Å². The average Bonchev–Trinajstić information content (AvgIpc) is 3.28. The van der Waals surface area contributed by atoms with Crippen molar-refractivity contribution < 1.29 is 19.0 Å². The highest BCUT2D eigenvalue weighted by Gasteiger charge is 2.22. The molecule has 154 valence electrons. The topological polar surface area (TPSA) is 60.0 Å². The lowest BCUT2D eigenvalue weighted by molar-refractivity contribution is 0.0944. The molecule has 3 heterocycles. The van der Waals surface area contributed by atoms with Gasteiger partial charge in [-0.2, -0.15) is 0 Å². The standard InChI is InChI=1S/C23H22N2O4S/c1-15(16-6-7-19-20(14-16)29-13-12-28-19)24-23(26)21-8-9-22(30-21)25-10-11-27-18-5-3-2-4-17(18)25/h2-9,14-15H,10-13H2,1H3,(H,24,26)/t15-/m1/s1. The summed E-state index contributed by atoms with van der Waals surface area (Å²) >= 11 is 1.48. The number of carbonyl (C=O) groups is 1. The molecule has 0 aliphatic carbocycles. The number of para-hydroxylation sites is 2. The molecular formula is C23H22N2O4S. The number of hydrogen-bond donors (Lipinski definition) is 1. The Balaban J connectivity index is 1.30. The number of amides is 1. The first-order valence-corrected chi connectivity index (χ1v) is 10.8. The normalized spacial score (nSPS) is 15.7. The highest BCUT2D eigenvalue weighted by molar-refractivity contribution is 7.18. The van der Waals surface area contributed by atoms with E-state index in [1.165, 1.54) is 11.3 Å². The predicted molar refractivity (Wildman–Crippen MR) is 117 cm³/mol. The summed E-state index contributed by atoms with van der Waals surface area (Å²) in [6.45, 7) is 4.45. The molecule has 0 unspecified atom stereocenters. The molecule has 1 atom stereocenters. The number of nitrogens with one attached hydrogen (secondary N) is 1. The molecule has 5 rings (SSSR count). The van der Waals surface area contributed by atoms with Crippen molar-refractivity contribution >= 4 is 27.9 Å². The van der Waals surface area contributed by atoms with Gasteiger partial charge in [-0.05, 0) is 48.9 Å². The van der Waals surface area contributed by atoms with E-state index in [0.29, 0.717) is 24.7 Å². The van der Waals surface area contributed by atoms with E-state index in [0.717, 1.165) is 40.0 Å². The molecule has 1 amide bonds. The fraction of sp³-hybridized carbons (Fsp3) is 0.261. The molecule has 7 heteroatoms. The van der Waals surface area contributed by atoms with Crippen LogP contribution in [-0.4, -0.2) is 32.3 Å². The van der Waals surface area contributed by atoms with Gasteiger partial charge < -0.3 is 24.4 Å². The maximum Gasteiger partial charge on any atom is 0.261 e. The lowest BCUT2D eigenvalue weighted by Crippen LogP contribution is -2.28. The Morgan fingerprint density at radius 1 is 0.967 bits per heavy atom. The van der Waals surface area contributed by atoms with E-state index < -0.39 is 0 Å². The molecule has 0 fully saturated rings. The van der Waals surface area contributed by atoms with Gasteiger partial charge in [0.2, 0.25) is 0 Å². The molecular weight excluding hydrogens is 400 g/mol. The summed E-state index contributed by atoms with van der Waals surface area (Å²) in [4.78, 5) is 15.7. The molecule has 1 aromatic heterocycles. The summed E-state index contributed by atoms with van der Waals surface area (Å²) in [6.07, 6.45) is 0. The number of carbonyl (C=O) groups excluding carboxylic acids is 1. The second-order valence-corrected chi connectivity index (χ2v) is 8.27. The van der Waals surface area contributed by atoms with Crippen LogP contribution < -0.4 is 24.4 Å². The molecule has 30 heavy (non-hydrogen) atoms. The zero-order chi connectivity index (χ0) is 20.5. The highest BCUT2D eigenvalue weighted by atomic mass is 32.1. The molecule has 6 nitrogen and oxygen atoms in total. The maximum atomic E-state index is 12.9. The fourth-order valence-electron chi connectivity index (χ4n) is 3.67. The van der Waals surface area contributed by atoms with E-state index in [9.17, 15) is 4.79 Å². The van der Waals surface area contributed by atoms with Crippen molar-refractivity contribution in [2.45, 2.75) is 13.0 Å². The fourth-order valence-corrected chi connectivity index (χ4v) is 4.62. The van der Waals surface area contributed by atoms with Crippen LogP contribution in [0.1, 0.15) is 28.2 Å². The van der Waals surface area contributed by atoms with Gasteiger partial charge in [-0.15, -0.1) is 11.3 Å². The first-order chi connectivity index (χ1) is 14.7. The first kappa shape index (κ1) is 18.8. The monoisotopic (exact) mass is 422 g/mol. The summed E-state index contributed by atoms with van der Waals surface area (Å²) in [7, 11) is 0. The van der Waals surface area contributed by atoms with Crippen LogP contribution in [0.15, 0.2) is 54.6 Å². The number of nitrogens with zero attached hydrogens (tertiary/aromatic N) is 1. The van der Waals surface area contributed by atoms with Gasteiger partial charge in [0.1, 0.15) is 25.6 Å². The second kappa shape index (κ2) is 7.91. The zero-order valence-electron chi connectivity index (χ0n) is 16.6. The molecule has 2 aromatic carbocycles. The van der Waals surface area contributed by atoms with Crippen LogP contribution in [0.4, 0.5) is 10.7 Å². The SMILES string of the molecule is C[C@@H](NC(=O)c1ccc(N2CCOc3ccccc32)s1)c1ccc2c(c1)OCCO2. The first-order valence-electron chi connectivity index (χ1n) is 9.98. The van der Waals surface area contributed by atoms with Gasteiger partial charge in [0.05, 0.1) is 28.2 Å². The van der Waals surface area contributed by atoms with Gasteiger partial charge in [-0.1, -0.05) is 18.2 Å². The average molecular weight is 423 g/mol. The van der Waals surface area contributed by atoms with Gasteiger partial charge in [-0.3, -0.25) is 4.79 Å². The summed E-state index contributed by atoms with van der Waals surface area (Å²) in [5, 5.41) is 4.12. The third-order valence-electron chi connectivity index (χ3n) is 5.22. The summed E-state index contributed by atoms with van der Waals surface area (Å²) < 4.78 is 17.0. The van der Waals surface area contributed by atoms with E-state index in [1.54, 1.807) is 0 Å². The van der Waals surface area contributed by atoms with Crippen molar-refractivity contribution in [1.29, 1.82) is 0 Å². The van der Waals surface area contributed by atoms with Crippen molar-refractivity contribution in [2.75, 3.05) is 31.3 Å². The number of hydrogen-bond acceptors (Lipinski definition) is 6. The number of fused-ring (bicyclic) bond motifs is 2. The van der Waals surface area contributed by atoms with E-state index in [2.05, 4.69) is 10.2 Å². The number of ether oxygens (including phenoxy) is 3. The lowest BCUT2D eigenvalue weighted by atomic mass is 10.1. The second-order valence-electron chi connectivity index (χ2n) is 7.20. The van der Waals surface area contributed by atoms with E-state index in [4.69, 9.17) is 14.2 Å². The van der Waals surface area contributed by atoms with Gasteiger partial charge in [0.15, 0.2) is 11.5 Å². The van der Waals surface area contributed by atoms with Gasteiger partial charge in [0, 0.05) is 0 Å². The van der Waals surface area contributed by atoms with Gasteiger partial charge in [0.25, 0.3) is 5.91 Å². The smallest absolute Gasteiger partial charge is 0.261 e. The molecule has 3 aromatic rings. The maximum absolute atomic E-state index is 12.9. The molecule has 0 saturated heterocycles. The Morgan fingerprint density at radius 2 is 1.77 bits per heavy atom. The molecule has 1 N–H and O–H groups in total.